The normalized spacial score (nSPS) is 14.9. The van der Waals surface area contributed by atoms with Gasteiger partial charge in [-0.1, -0.05) is 0 Å². The predicted octanol–water partition coefficient (Wildman–Crippen LogP) is 2.29. The number of nitro groups is 1. The second-order valence-corrected chi connectivity index (χ2v) is 4.68. The van der Waals surface area contributed by atoms with E-state index in [-0.39, 0.29) is 23.8 Å². The monoisotopic (exact) mass is 292 g/mol. The summed E-state index contributed by atoms with van der Waals surface area (Å²) in [5.41, 5.74) is -0.00108. The summed E-state index contributed by atoms with van der Waals surface area (Å²) in [6, 6.07) is 4.14. The van der Waals surface area contributed by atoms with Crippen LogP contribution in [0.1, 0.15) is 36.5 Å². The number of carbonyl (C=O) groups is 2. The Morgan fingerprint density at radius 2 is 2.19 bits per heavy atom. The van der Waals surface area contributed by atoms with Gasteiger partial charge in [0, 0.05) is 19.0 Å². The van der Waals surface area contributed by atoms with Crippen LogP contribution in [-0.2, 0) is 9.53 Å². The van der Waals surface area contributed by atoms with Crippen molar-refractivity contribution in [1.82, 2.24) is 0 Å². The maximum atomic E-state index is 11.9. The molecule has 0 aromatic heterocycles. The number of nitrogens with zero attached hydrogens (tertiary/aromatic N) is 2. The van der Waals surface area contributed by atoms with E-state index in [0.717, 1.165) is 12.8 Å². The highest BCUT2D eigenvalue weighted by Gasteiger charge is 2.26. The zero-order valence-corrected chi connectivity index (χ0v) is 11.7. The number of hydrogen-bond donors (Lipinski definition) is 0. The molecule has 1 saturated heterocycles. The van der Waals surface area contributed by atoms with Gasteiger partial charge in [-0.25, -0.2) is 4.79 Å². The molecule has 112 valence electrons. The van der Waals surface area contributed by atoms with E-state index >= 15 is 0 Å². The molecule has 0 N–H and O–H groups in total. The highest BCUT2D eigenvalue weighted by molar-refractivity contribution is 5.98. The average Bonchev–Trinajstić information content (AvgIpc) is 2.47. The number of esters is 1. The summed E-state index contributed by atoms with van der Waals surface area (Å²) < 4.78 is 4.80. The quantitative estimate of drug-likeness (QED) is 0.482. The molecular formula is C14H16N2O5. The van der Waals surface area contributed by atoms with Crippen molar-refractivity contribution in [3.8, 4) is 0 Å². The molecule has 1 aromatic carbocycles. The van der Waals surface area contributed by atoms with Gasteiger partial charge in [0.2, 0.25) is 5.91 Å². The molecule has 2 rings (SSSR count). The van der Waals surface area contributed by atoms with Crippen LogP contribution in [-0.4, -0.2) is 30.0 Å². The van der Waals surface area contributed by atoms with Crippen LogP contribution in [0.3, 0.4) is 0 Å². The number of benzene rings is 1. The number of nitro benzene ring substituents is 1. The number of ether oxygens (including phenoxy) is 1. The largest absolute Gasteiger partial charge is 0.462 e. The van der Waals surface area contributed by atoms with E-state index < -0.39 is 10.9 Å². The van der Waals surface area contributed by atoms with Crippen molar-refractivity contribution in [2.75, 3.05) is 18.1 Å². The van der Waals surface area contributed by atoms with Crippen molar-refractivity contribution in [3.63, 3.8) is 0 Å². The van der Waals surface area contributed by atoms with Crippen molar-refractivity contribution < 1.29 is 19.2 Å². The average molecular weight is 292 g/mol. The molecule has 1 heterocycles. The number of anilines is 1. The van der Waals surface area contributed by atoms with Crippen molar-refractivity contribution in [2.45, 2.75) is 26.2 Å². The van der Waals surface area contributed by atoms with E-state index in [9.17, 15) is 19.7 Å². The van der Waals surface area contributed by atoms with Crippen LogP contribution in [0, 0.1) is 10.1 Å². The number of hydrogen-bond acceptors (Lipinski definition) is 5. The first-order chi connectivity index (χ1) is 10.0. The van der Waals surface area contributed by atoms with Crippen LogP contribution in [0.4, 0.5) is 11.4 Å². The molecule has 1 aliphatic rings. The highest BCUT2D eigenvalue weighted by atomic mass is 16.6. The summed E-state index contributed by atoms with van der Waals surface area (Å²) in [7, 11) is 0. The van der Waals surface area contributed by atoms with Gasteiger partial charge < -0.3 is 9.64 Å². The van der Waals surface area contributed by atoms with Crippen LogP contribution in [0.5, 0.6) is 0 Å². The number of piperidine rings is 1. The summed E-state index contributed by atoms with van der Waals surface area (Å²) in [5.74, 6) is -0.792. The SMILES string of the molecule is CCOC(=O)c1ccc(N2CCCCC2=O)cc1[N+](=O)[O-]. The van der Waals surface area contributed by atoms with Gasteiger partial charge in [0.15, 0.2) is 0 Å². The first-order valence-corrected chi connectivity index (χ1v) is 6.80. The standard InChI is InChI=1S/C14H16N2O5/c1-2-21-14(18)11-7-6-10(9-12(11)16(19)20)15-8-4-3-5-13(15)17/h6-7,9H,2-5,8H2,1H3. The van der Waals surface area contributed by atoms with E-state index in [1.54, 1.807) is 13.0 Å². The third-order valence-electron chi connectivity index (χ3n) is 3.31. The second-order valence-electron chi connectivity index (χ2n) is 4.68. The molecule has 0 aliphatic carbocycles. The fraction of sp³-hybridized carbons (Fsp3) is 0.429. The maximum Gasteiger partial charge on any atom is 0.345 e. The topological polar surface area (TPSA) is 89.8 Å². The van der Waals surface area contributed by atoms with Gasteiger partial charge in [0.05, 0.1) is 17.2 Å². The fourth-order valence-corrected chi connectivity index (χ4v) is 2.30. The molecule has 1 aromatic rings. The third-order valence-corrected chi connectivity index (χ3v) is 3.31. The maximum absolute atomic E-state index is 11.9. The Labute approximate surface area is 121 Å². The molecule has 0 radical (unpaired) electrons. The minimum atomic E-state index is -0.735. The lowest BCUT2D eigenvalue weighted by atomic mass is 10.1. The molecule has 21 heavy (non-hydrogen) atoms. The molecule has 0 spiro atoms. The Balaban J connectivity index is 2.38. The first kappa shape index (κ1) is 15.0. The zero-order valence-electron chi connectivity index (χ0n) is 11.7. The van der Waals surface area contributed by atoms with Gasteiger partial charge in [0.25, 0.3) is 5.69 Å². The molecule has 1 amide bonds. The van der Waals surface area contributed by atoms with Crippen LogP contribution >= 0.6 is 0 Å². The van der Waals surface area contributed by atoms with Gasteiger partial charge in [-0.05, 0) is 31.9 Å². The zero-order chi connectivity index (χ0) is 15.4. The molecule has 7 heteroatoms. The minimum absolute atomic E-state index is 0.0561. The van der Waals surface area contributed by atoms with Crippen molar-refractivity contribution in [2.24, 2.45) is 0 Å². The third kappa shape index (κ3) is 3.18. The molecule has 0 bridgehead atoms. The summed E-state index contributed by atoms with van der Waals surface area (Å²) in [5, 5.41) is 11.1. The van der Waals surface area contributed by atoms with Gasteiger partial charge in [-0.3, -0.25) is 14.9 Å². The summed E-state index contributed by atoms with van der Waals surface area (Å²) in [6.45, 7) is 2.31. The van der Waals surface area contributed by atoms with Gasteiger partial charge >= 0.3 is 5.97 Å². The highest BCUT2D eigenvalue weighted by Crippen LogP contribution is 2.28. The van der Waals surface area contributed by atoms with Crippen molar-refractivity contribution in [3.05, 3.63) is 33.9 Å². The lowest BCUT2D eigenvalue weighted by molar-refractivity contribution is -0.385. The van der Waals surface area contributed by atoms with Crippen LogP contribution in [0.2, 0.25) is 0 Å². The molecular weight excluding hydrogens is 276 g/mol. The molecule has 0 unspecified atom stereocenters. The van der Waals surface area contributed by atoms with Crippen molar-refractivity contribution in [1.29, 1.82) is 0 Å². The number of amides is 1. The van der Waals surface area contributed by atoms with E-state index in [1.807, 2.05) is 0 Å². The van der Waals surface area contributed by atoms with Gasteiger partial charge in [0.1, 0.15) is 5.56 Å². The smallest absolute Gasteiger partial charge is 0.345 e. The van der Waals surface area contributed by atoms with E-state index in [4.69, 9.17) is 4.74 Å². The van der Waals surface area contributed by atoms with E-state index in [0.29, 0.717) is 18.7 Å². The summed E-state index contributed by atoms with van der Waals surface area (Å²) in [4.78, 5) is 35.6. The Hall–Kier alpha value is -2.44. The Morgan fingerprint density at radius 1 is 1.43 bits per heavy atom. The number of carbonyl (C=O) groups excluding carboxylic acids is 2. The molecule has 7 nitrogen and oxygen atoms in total. The lowest BCUT2D eigenvalue weighted by Gasteiger charge is -2.26. The lowest BCUT2D eigenvalue weighted by Crippen LogP contribution is -2.35. The first-order valence-electron chi connectivity index (χ1n) is 6.80. The van der Waals surface area contributed by atoms with Crippen LogP contribution < -0.4 is 4.90 Å². The molecule has 1 aliphatic heterocycles. The van der Waals surface area contributed by atoms with Crippen LogP contribution in [0.25, 0.3) is 0 Å². The predicted molar refractivity (Wildman–Crippen MR) is 75.3 cm³/mol. The second kappa shape index (κ2) is 6.34. The minimum Gasteiger partial charge on any atom is -0.462 e. The molecule has 1 fully saturated rings. The Bertz CT molecular complexity index is 585. The molecule has 0 atom stereocenters. The summed E-state index contributed by atoms with van der Waals surface area (Å²) >= 11 is 0. The van der Waals surface area contributed by atoms with Gasteiger partial charge in [-0.15, -0.1) is 0 Å². The van der Waals surface area contributed by atoms with Crippen molar-refractivity contribution >= 4 is 23.3 Å². The fourth-order valence-electron chi connectivity index (χ4n) is 2.30. The Morgan fingerprint density at radius 3 is 2.81 bits per heavy atom. The van der Waals surface area contributed by atoms with E-state index in [1.165, 1.54) is 17.0 Å². The summed E-state index contributed by atoms with van der Waals surface area (Å²) in [6.07, 6.45) is 2.13. The van der Waals surface area contributed by atoms with Gasteiger partial charge in [-0.2, -0.15) is 0 Å². The number of rotatable bonds is 4. The van der Waals surface area contributed by atoms with Crippen LogP contribution in [0.15, 0.2) is 18.2 Å². The Kier molecular flexibility index (Phi) is 4.52. The molecule has 0 saturated carbocycles. The van der Waals surface area contributed by atoms with E-state index in [2.05, 4.69) is 0 Å².